The summed E-state index contributed by atoms with van der Waals surface area (Å²) >= 11 is 4.08. The predicted octanol–water partition coefficient (Wildman–Crippen LogP) is 1.33. The van der Waals surface area contributed by atoms with Gasteiger partial charge in [-0.15, -0.1) is 0 Å². The first-order valence-corrected chi connectivity index (χ1v) is 6.19. The maximum atomic E-state index is 11.6. The van der Waals surface area contributed by atoms with Crippen LogP contribution in [0.2, 0.25) is 0 Å². The van der Waals surface area contributed by atoms with E-state index in [1.54, 1.807) is 18.2 Å². The zero-order valence-corrected chi connectivity index (χ0v) is 8.98. The van der Waals surface area contributed by atoms with E-state index in [0.717, 1.165) is 0 Å². The Bertz CT molecular complexity index is 518. The van der Waals surface area contributed by atoms with E-state index in [-0.39, 0.29) is 0 Å². The molecule has 0 atom stereocenters. The van der Waals surface area contributed by atoms with Crippen molar-refractivity contribution in [3.05, 3.63) is 29.2 Å². The first-order chi connectivity index (χ1) is 6.56. The molecule has 14 heavy (non-hydrogen) atoms. The molecule has 0 spiro atoms. The highest BCUT2D eigenvalue weighted by atomic mass is 32.2. The second kappa shape index (κ2) is 3.03. The van der Waals surface area contributed by atoms with E-state index < -0.39 is 9.84 Å². The van der Waals surface area contributed by atoms with Gasteiger partial charge in [0.2, 0.25) is 9.84 Å². The number of thiol groups is 1. The van der Waals surface area contributed by atoms with Crippen LogP contribution in [0.3, 0.4) is 0 Å². The molecule has 0 saturated carbocycles. The second-order valence-corrected chi connectivity index (χ2v) is 5.15. The molecule has 0 radical (unpaired) electrons. The topological polar surface area (TPSA) is 60.2 Å². The van der Waals surface area contributed by atoms with Crippen LogP contribution in [0, 0.1) is 0 Å². The van der Waals surface area contributed by atoms with Gasteiger partial charge in [0.15, 0.2) is 0 Å². The molecular formula is C9H9NO2S2. The lowest BCUT2D eigenvalue weighted by Crippen LogP contribution is -1.97. The zero-order chi connectivity index (χ0) is 10.3. The summed E-state index contributed by atoms with van der Waals surface area (Å²) in [7, 11) is -3.28. The highest BCUT2D eigenvalue weighted by Gasteiger charge is 2.27. The van der Waals surface area contributed by atoms with E-state index in [1.807, 2.05) is 0 Å². The Morgan fingerprint density at radius 1 is 1.36 bits per heavy atom. The molecule has 0 unspecified atom stereocenters. The van der Waals surface area contributed by atoms with Crippen molar-refractivity contribution in [2.75, 3.05) is 11.5 Å². The molecule has 1 aliphatic rings. The SMILES string of the molecule is Nc1cccc2c1C(CS)=CS2(=O)=O. The third-order valence-corrected chi connectivity index (χ3v) is 4.04. The van der Waals surface area contributed by atoms with Crippen LogP contribution >= 0.6 is 12.6 Å². The molecule has 2 rings (SSSR count). The van der Waals surface area contributed by atoms with Gasteiger partial charge in [0.05, 0.1) is 4.90 Å². The third-order valence-electron chi connectivity index (χ3n) is 2.15. The summed E-state index contributed by atoms with van der Waals surface area (Å²) in [6.07, 6.45) is 0. The van der Waals surface area contributed by atoms with Gasteiger partial charge in [-0.1, -0.05) is 6.07 Å². The smallest absolute Gasteiger partial charge is 0.200 e. The number of hydrogen-bond acceptors (Lipinski definition) is 4. The van der Waals surface area contributed by atoms with Crippen LogP contribution in [0.15, 0.2) is 28.5 Å². The molecule has 0 fully saturated rings. The number of sulfone groups is 1. The Hall–Kier alpha value is -0.940. The molecular weight excluding hydrogens is 218 g/mol. The number of rotatable bonds is 1. The van der Waals surface area contributed by atoms with E-state index in [2.05, 4.69) is 12.6 Å². The molecule has 0 aliphatic carbocycles. The molecule has 0 aromatic heterocycles. The molecule has 1 aromatic rings. The lowest BCUT2D eigenvalue weighted by molar-refractivity contribution is 0.605. The first-order valence-electron chi connectivity index (χ1n) is 4.01. The Morgan fingerprint density at radius 2 is 2.07 bits per heavy atom. The summed E-state index contributed by atoms with van der Waals surface area (Å²) in [5, 5.41) is 1.24. The van der Waals surface area contributed by atoms with Gasteiger partial charge >= 0.3 is 0 Å². The lowest BCUT2D eigenvalue weighted by Gasteiger charge is -2.04. The maximum Gasteiger partial charge on any atom is 0.200 e. The summed E-state index contributed by atoms with van der Waals surface area (Å²) in [5.41, 5.74) is 7.49. The van der Waals surface area contributed by atoms with Gasteiger partial charge in [-0.25, -0.2) is 8.42 Å². The normalized spacial score (nSPS) is 17.6. The molecule has 1 heterocycles. The van der Waals surface area contributed by atoms with Crippen LogP contribution in [0.5, 0.6) is 0 Å². The average molecular weight is 227 g/mol. The van der Waals surface area contributed by atoms with Crippen molar-refractivity contribution in [1.29, 1.82) is 0 Å². The van der Waals surface area contributed by atoms with Crippen molar-refractivity contribution < 1.29 is 8.42 Å². The van der Waals surface area contributed by atoms with Gasteiger partial charge < -0.3 is 5.73 Å². The number of nitrogens with two attached hydrogens (primary N) is 1. The zero-order valence-electron chi connectivity index (χ0n) is 7.27. The van der Waals surface area contributed by atoms with Crippen LogP contribution in [-0.2, 0) is 9.84 Å². The van der Waals surface area contributed by atoms with Crippen molar-refractivity contribution in [3.63, 3.8) is 0 Å². The lowest BCUT2D eigenvalue weighted by atomic mass is 10.1. The van der Waals surface area contributed by atoms with Crippen molar-refractivity contribution in [2.24, 2.45) is 0 Å². The molecule has 0 saturated heterocycles. The Labute approximate surface area is 88.0 Å². The molecule has 1 aromatic carbocycles. The van der Waals surface area contributed by atoms with Crippen LogP contribution < -0.4 is 5.73 Å². The second-order valence-electron chi connectivity index (χ2n) is 3.07. The average Bonchev–Trinajstić information content (AvgIpc) is 2.40. The van der Waals surface area contributed by atoms with Gasteiger partial charge in [-0.3, -0.25) is 0 Å². The van der Waals surface area contributed by atoms with E-state index in [0.29, 0.717) is 27.5 Å². The fourth-order valence-corrected chi connectivity index (χ4v) is 3.43. The number of hydrogen-bond donors (Lipinski definition) is 2. The number of fused-ring (bicyclic) bond motifs is 1. The summed E-state index contributed by atoms with van der Waals surface area (Å²) in [5.74, 6) is 0.375. The number of nitrogen functional groups attached to an aromatic ring is 1. The van der Waals surface area contributed by atoms with Gasteiger partial charge in [0, 0.05) is 22.4 Å². The highest BCUT2D eigenvalue weighted by Crippen LogP contribution is 2.37. The summed E-state index contributed by atoms with van der Waals surface area (Å²) in [6, 6.07) is 4.89. The van der Waals surface area contributed by atoms with Crippen LogP contribution in [0.4, 0.5) is 5.69 Å². The predicted molar refractivity (Wildman–Crippen MR) is 59.9 cm³/mol. The molecule has 74 valence electrons. The van der Waals surface area contributed by atoms with E-state index in [9.17, 15) is 8.42 Å². The minimum absolute atomic E-state index is 0.293. The van der Waals surface area contributed by atoms with Crippen molar-refractivity contribution >= 4 is 33.7 Å². The van der Waals surface area contributed by atoms with E-state index in [4.69, 9.17) is 5.73 Å². The van der Waals surface area contributed by atoms with Crippen LogP contribution in [0.25, 0.3) is 5.57 Å². The highest BCUT2D eigenvalue weighted by molar-refractivity contribution is 7.95. The molecule has 1 aliphatic heterocycles. The Kier molecular flexibility index (Phi) is 2.08. The fourth-order valence-electron chi connectivity index (χ4n) is 1.55. The maximum absolute atomic E-state index is 11.6. The minimum atomic E-state index is -3.28. The molecule has 2 N–H and O–H groups in total. The summed E-state index contributed by atoms with van der Waals surface area (Å²) < 4.78 is 23.2. The molecule has 0 bridgehead atoms. The minimum Gasteiger partial charge on any atom is -0.398 e. The fraction of sp³-hybridized carbons (Fsp3) is 0.111. The van der Waals surface area contributed by atoms with E-state index in [1.165, 1.54) is 5.41 Å². The van der Waals surface area contributed by atoms with Crippen LogP contribution in [-0.4, -0.2) is 14.2 Å². The molecule has 5 heteroatoms. The monoisotopic (exact) mass is 227 g/mol. The summed E-state index contributed by atoms with van der Waals surface area (Å²) in [4.78, 5) is 0.293. The Morgan fingerprint density at radius 3 is 2.71 bits per heavy atom. The van der Waals surface area contributed by atoms with Crippen molar-refractivity contribution in [1.82, 2.24) is 0 Å². The van der Waals surface area contributed by atoms with Crippen molar-refractivity contribution in [2.45, 2.75) is 4.90 Å². The number of anilines is 1. The molecule has 0 amide bonds. The molecule has 3 nitrogen and oxygen atoms in total. The Balaban J connectivity index is 2.82. The summed E-state index contributed by atoms with van der Waals surface area (Å²) in [6.45, 7) is 0. The van der Waals surface area contributed by atoms with Crippen molar-refractivity contribution in [3.8, 4) is 0 Å². The van der Waals surface area contributed by atoms with Gasteiger partial charge in [0.25, 0.3) is 0 Å². The van der Waals surface area contributed by atoms with Gasteiger partial charge in [-0.05, 0) is 17.7 Å². The van der Waals surface area contributed by atoms with Gasteiger partial charge in [0.1, 0.15) is 0 Å². The van der Waals surface area contributed by atoms with E-state index >= 15 is 0 Å². The van der Waals surface area contributed by atoms with Crippen LogP contribution in [0.1, 0.15) is 5.56 Å². The number of benzene rings is 1. The standard InChI is InChI=1S/C9H9NO2S2/c10-7-2-1-3-8-9(7)6(4-13)5-14(8,11)12/h1-3,5,13H,4,10H2. The first kappa shape index (κ1) is 9.61. The third kappa shape index (κ3) is 1.24. The quantitative estimate of drug-likeness (QED) is 0.562. The largest absolute Gasteiger partial charge is 0.398 e. The van der Waals surface area contributed by atoms with Gasteiger partial charge in [-0.2, -0.15) is 12.6 Å².